The van der Waals surface area contributed by atoms with E-state index < -0.39 is 0 Å². The zero-order valence-electron chi connectivity index (χ0n) is 14.9. The van der Waals surface area contributed by atoms with Crippen molar-refractivity contribution < 1.29 is 4.79 Å². The Balaban J connectivity index is 1.68. The van der Waals surface area contributed by atoms with Crippen molar-refractivity contribution in [2.45, 2.75) is 13.8 Å². The Bertz CT molecular complexity index is 738. The summed E-state index contributed by atoms with van der Waals surface area (Å²) in [5.74, 6) is 0.838. The van der Waals surface area contributed by atoms with Crippen LogP contribution in [-0.2, 0) is 4.79 Å². The van der Waals surface area contributed by atoms with Gasteiger partial charge in [-0.3, -0.25) is 4.79 Å². The van der Waals surface area contributed by atoms with Crippen LogP contribution in [0.2, 0.25) is 0 Å². The predicted octanol–water partition coefficient (Wildman–Crippen LogP) is 2.24. The zero-order chi connectivity index (χ0) is 17.8. The quantitative estimate of drug-likeness (QED) is 0.889. The van der Waals surface area contributed by atoms with Crippen LogP contribution in [0.5, 0.6) is 0 Å². The Kier molecular flexibility index (Phi) is 5.14. The van der Waals surface area contributed by atoms with Gasteiger partial charge in [-0.05, 0) is 38.2 Å². The van der Waals surface area contributed by atoms with E-state index in [-0.39, 0.29) is 5.91 Å². The largest absolute Gasteiger partial charge is 0.369 e. The van der Waals surface area contributed by atoms with Crippen LogP contribution < -0.4 is 15.5 Å². The van der Waals surface area contributed by atoms with Crippen LogP contribution in [0, 0.1) is 6.92 Å². The standard InChI is InChI=1S/C18H24N6O/c1-13-12-19-18(22-17(13)20-14(2)25)21-15-4-6-16(7-5-15)24-10-8-23(3)9-11-24/h4-7,12H,8-11H2,1-3H3,(H2,19,20,21,22,25). The maximum absolute atomic E-state index is 11.2. The average molecular weight is 340 g/mol. The van der Waals surface area contributed by atoms with Gasteiger partial charge in [0.15, 0.2) is 0 Å². The van der Waals surface area contributed by atoms with Crippen molar-refractivity contribution in [3.8, 4) is 0 Å². The number of aromatic nitrogens is 2. The van der Waals surface area contributed by atoms with Crippen LogP contribution in [-0.4, -0.2) is 54.0 Å². The second-order valence-electron chi connectivity index (χ2n) is 6.37. The van der Waals surface area contributed by atoms with Gasteiger partial charge in [0.05, 0.1) is 0 Å². The molecule has 2 N–H and O–H groups in total. The summed E-state index contributed by atoms with van der Waals surface area (Å²) in [5.41, 5.74) is 2.96. The molecule has 7 heteroatoms. The summed E-state index contributed by atoms with van der Waals surface area (Å²) in [6.07, 6.45) is 1.69. The first kappa shape index (κ1) is 17.2. The summed E-state index contributed by atoms with van der Waals surface area (Å²) < 4.78 is 0. The van der Waals surface area contributed by atoms with Gasteiger partial charge in [0.1, 0.15) is 5.82 Å². The van der Waals surface area contributed by atoms with Gasteiger partial charge < -0.3 is 20.4 Å². The number of piperazine rings is 1. The molecule has 1 aliphatic heterocycles. The normalized spacial score (nSPS) is 15.1. The van der Waals surface area contributed by atoms with Gasteiger partial charge in [0.2, 0.25) is 11.9 Å². The molecule has 2 heterocycles. The Morgan fingerprint density at radius 1 is 1.12 bits per heavy atom. The van der Waals surface area contributed by atoms with E-state index in [0.29, 0.717) is 11.8 Å². The fourth-order valence-electron chi connectivity index (χ4n) is 2.74. The molecule has 132 valence electrons. The Labute approximate surface area is 148 Å². The highest BCUT2D eigenvalue weighted by atomic mass is 16.1. The molecule has 1 aliphatic rings. The average Bonchev–Trinajstić information content (AvgIpc) is 2.59. The number of hydrogen-bond acceptors (Lipinski definition) is 6. The van der Waals surface area contributed by atoms with E-state index in [9.17, 15) is 4.79 Å². The molecule has 25 heavy (non-hydrogen) atoms. The summed E-state index contributed by atoms with van der Waals surface area (Å²) >= 11 is 0. The van der Waals surface area contributed by atoms with Gasteiger partial charge in [0, 0.05) is 56.2 Å². The van der Waals surface area contributed by atoms with Crippen molar-refractivity contribution in [1.29, 1.82) is 0 Å². The molecule has 1 amide bonds. The highest BCUT2D eigenvalue weighted by Crippen LogP contribution is 2.22. The third-order valence-corrected chi connectivity index (χ3v) is 4.26. The second kappa shape index (κ2) is 7.48. The fourth-order valence-corrected chi connectivity index (χ4v) is 2.74. The van der Waals surface area contributed by atoms with Crippen molar-refractivity contribution >= 4 is 29.0 Å². The molecule has 2 aromatic rings. The number of aryl methyl sites for hydroxylation is 1. The van der Waals surface area contributed by atoms with Crippen LogP contribution in [0.15, 0.2) is 30.5 Å². The summed E-state index contributed by atoms with van der Waals surface area (Å²) in [5, 5.41) is 5.90. The first-order chi connectivity index (χ1) is 12.0. The monoisotopic (exact) mass is 340 g/mol. The van der Waals surface area contributed by atoms with Crippen LogP contribution >= 0.6 is 0 Å². The van der Waals surface area contributed by atoms with Gasteiger partial charge in [-0.1, -0.05) is 0 Å². The minimum atomic E-state index is -0.149. The molecule has 0 aliphatic carbocycles. The van der Waals surface area contributed by atoms with E-state index in [2.05, 4.69) is 49.6 Å². The predicted molar refractivity (Wildman–Crippen MR) is 101 cm³/mol. The minimum absolute atomic E-state index is 0.149. The zero-order valence-corrected chi connectivity index (χ0v) is 14.9. The first-order valence-electron chi connectivity index (χ1n) is 8.43. The summed E-state index contributed by atoms with van der Waals surface area (Å²) in [7, 11) is 2.15. The third-order valence-electron chi connectivity index (χ3n) is 4.26. The van der Waals surface area contributed by atoms with Crippen LogP contribution in [0.3, 0.4) is 0 Å². The van der Waals surface area contributed by atoms with Gasteiger partial charge in [-0.2, -0.15) is 4.98 Å². The van der Waals surface area contributed by atoms with E-state index in [0.717, 1.165) is 37.4 Å². The number of rotatable bonds is 4. The molecule has 7 nitrogen and oxygen atoms in total. The number of anilines is 4. The lowest BCUT2D eigenvalue weighted by molar-refractivity contribution is -0.114. The van der Waals surface area contributed by atoms with Crippen LogP contribution in [0.25, 0.3) is 0 Å². The summed E-state index contributed by atoms with van der Waals surface area (Å²) in [6.45, 7) is 7.59. The third kappa shape index (κ3) is 4.45. The van der Waals surface area contributed by atoms with E-state index in [1.807, 2.05) is 19.1 Å². The number of carbonyl (C=O) groups is 1. The van der Waals surface area contributed by atoms with Crippen LogP contribution in [0.1, 0.15) is 12.5 Å². The molecule has 0 unspecified atom stereocenters. The number of carbonyl (C=O) groups excluding carboxylic acids is 1. The van der Waals surface area contributed by atoms with Crippen molar-refractivity contribution in [3.63, 3.8) is 0 Å². The van der Waals surface area contributed by atoms with Gasteiger partial charge >= 0.3 is 0 Å². The molecule has 1 aromatic carbocycles. The Morgan fingerprint density at radius 3 is 2.44 bits per heavy atom. The topological polar surface area (TPSA) is 73.4 Å². The lowest BCUT2D eigenvalue weighted by Crippen LogP contribution is -2.44. The van der Waals surface area contributed by atoms with E-state index >= 15 is 0 Å². The SMILES string of the molecule is CC(=O)Nc1nc(Nc2ccc(N3CCN(C)CC3)cc2)ncc1C. The van der Waals surface area contributed by atoms with Gasteiger partial charge in [-0.25, -0.2) is 4.98 Å². The molecule has 0 bridgehead atoms. The highest BCUT2D eigenvalue weighted by Gasteiger charge is 2.14. The molecule has 1 saturated heterocycles. The number of hydrogen-bond donors (Lipinski definition) is 2. The Morgan fingerprint density at radius 2 is 1.80 bits per heavy atom. The highest BCUT2D eigenvalue weighted by molar-refractivity contribution is 5.88. The van der Waals surface area contributed by atoms with Gasteiger partial charge in [0.25, 0.3) is 0 Å². The molecule has 0 atom stereocenters. The summed E-state index contributed by atoms with van der Waals surface area (Å²) in [4.78, 5) is 24.6. The van der Waals surface area contributed by atoms with Crippen molar-refractivity contribution in [1.82, 2.24) is 14.9 Å². The minimum Gasteiger partial charge on any atom is -0.369 e. The van der Waals surface area contributed by atoms with Crippen LogP contribution in [0.4, 0.5) is 23.1 Å². The van der Waals surface area contributed by atoms with Crippen molar-refractivity contribution in [3.05, 3.63) is 36.0 Å². The molecule has 1 fully saturated rings. The number of nitrogens with zero attached hydrogens (tertiary/aromatic N) is 4. The maximum atomic E-state index is 11.2. The number of likely N-dealkylation sites (N-methyl/N-ethyl adjacent to an activating group) is 1. The van der Waals surface area contributed by atoms with E-state index in [4.69, 9.17) is 0 Å². The molecular weight excluding hydrogens is 316 g/mol. The van der Waals surface area contributed by atoms with E-state index in [1.165, 1.54) is 12.6 Å². The number of benzene rings is 1. The molecule has 1 aromatic heterocycles. The molecular formula is C18H24N6O. The van der Waals surface area contributed by atoms with Crippen molar-refractivity contribution in [2.24, 2.45) is 0 Å². The maximum Gasteiger partial charge on any atom is 0.229 e. The Hall–Kier alpha value is -2.67. The number of nitrogens with one attached hydrogen (secondary N) is 2. The van der Waals surface area contributed by atoms with E-state index in [1.54, 1.807) is 6.20 Å². The molecule has 0 saturated carbocycles. The molecule has 3 rings (SSSR count). The smallest absolute Gasteiger partial charge is 0.229 e. The lowest BCUT2D eigenvalue weighted by atomic mass is 10.2. The first-order valence-corrected chi connectivity index (χ1v) is 8.43. The van der Waals surface area contributed by atoms with Gasteiger partial charge in [-0.15, -0.1) is 0 Å². The van der Waals surface area contributed by atoms with Crippen molar-refractivity contribution in [2.75, 3.05) is 48.8 Å². The summed E-state index contributed by atoms with van der Waals surface area (Å²) in [6, 6.07) is 8.26. The fraction of sp³-hybridized carbons (Fsp3) is 0.389. The second-order valence-corrected chi connectivity index (χ2v) is 6.37. The molecule has 0 spiro atoms. The number of amides is 1. The molecule has 0 radical (unpaired) electrons. The lowest BCUT2D eigenvalue weighted by Gasteiger charge is -2.34.